The van der Waals surface area contributed by atoms with Gasteiger partial charge in [-0.3, -0.25) is 4.79 Å². The minimum atomic E-state index is -0.686. The average molecular weight is 247 g/mol. The molecule has 1 heterocycles. The number of hydrogen-bond donors (Lipinski definition) is 1. The quantitative estimate of drug-likeness (QED) is 0.892. The minimum absolute atomic E-state index is 0.188. The van der Waals surface area contributed by atoms with E-state index in [1.54, 1.807) is 19.9 Å². The maximum Gasteiger partial charge on any atom is 0.256 e. The SMILES string of the molecule is C=Cc1ccc(NC(=O)[C@H]2COC(C)(C)O2)cc1. The van der Waals surface area contributed by atoms with Crippen molar-refractivity contribution in [1.29, 1.82) is 0 Å². The lowest BCUT2D eigenvalue weighted by Gasteiger charge is -2.16. The Bertz CT molecular complexity index is 451. The molecule has 1 aliphatic rings. The van der Waals surface area contributed by atoms with E-state index >= 15 is 0 Å². The van der Waals surface area contributed by atoms with Gasteiger partial charge in [-0.15, -0.1) is 0 Å². The molecular weight excluding hydrogens is 230 g/mol. The van der Waals surface area contributed by atoms with Gasteiger partial charge < -0.3 is 14.8 Å². The van der Waals surface area contributed by atoms with Crippen LogP contribution in [0.5, 0.6) is 0 Å². The number of rotatable bonds is 3. The predicted octanol–water partition coefficient (Wildman–Crippen LogP) is 2.42. The maximum atomic E-state index is 11.9. The van der Waals surface area contributed by atoms with Crippen LogP contribution in [0.4, 0.5) is 5.69 Å². The van der Waals surface area contributed by atoms with Crippen LogP contribution in [0.15, 0.2) is 30.8 Å². The van der Waals surface area contributed by atoms with Crippen molar-refractivity contribution in [2.45, 2.75) is 25.7 Å². The third-order valence-electron chi connectivity index (χ3n) is 2.71. The molecule has 2 rings (SSSR count). The number of carbonyl (C=O) groups excluding carboxylic acids is 1. The van der Waals surface area contributed by atoms with Crippen LogP contribution < -0.4 is 5.32 Å². The van der Waals surface area contributed by atoms with Gasteiger partial charge in [0.05, 0.1) is 6.61 Å². The molecular formula is C14H17NO3. The standard InChI is InChI=1S/C14H17NO3/c1-4-10-5-7-11(8-6-10)15-13(16)12-9-17-14(2,3)18-12/h4-8,12H,1,9H2,2-3H3,(H,15,16)/t12-/m1/s1. The Labute approximate surface area is 107 Å². The zero-order chi connectivity index (χ0) is 13.2. The highest BCUT2D eigenvalue weighted by molar-refractivity contribution is 5.94. The van der Waals surface area contributed by atoms with E-state index in [4.69, 9.17) is 9.47 Å². The highest BCUT2D eigenvalue weighted by Crippen LogP contribution is 2.23. The van der Waals surface area contributed by atoms with Gasteiger partial charge >= 0.3 is 0 Å². The first-order valence-electron chi connectivity index (χ1n) is 5.85. The molecule has 1 aromatic carbocycles. The molecule has 1 atom stereocenters. The second-order valence-electron chi connectivity index (χ2n) is 4.63. The van der Waals surface area contributed by atoms with Crippen LogP contribution in [0.3, 0.4) is 0 Å². The van der Waals surface area contributed by atoms with Gasteiger partial charge in [0.1, 0.15) is 0 Å². The summed E-state index contributed by atoms with van der Waals surface area (Å²) in [5.41, 5.74) is 1.74. The van der Waals surface area contributed by atoms with Crippen LogP contribution in [0, 0.1) is 0 Å². The summed E-state index contributed by atoms with van der Waals surface area (Å²) < 4.78 is 10.8. The molecule has 1 amide bonds. The molecule has 4 nitrogen and oxygen atoms in total. The van der Waals surface area contributed by atoms with Crippen molar-refractivity contribution in [3.63, 3.8) is 0 Å². The summed E-state index contributed by atoms with van der Waals surface area (Å²) in [5, 5.41) is 2.79. The van der Waals surface area contributed by atoms with Crippen molar-refractivity contribution >= 4 is 17.7 Å². The van der Waals surface area contributed by atoms with Crippen LogP contribution in [-0.4, -0.2) is 24.4 Å². The van der Waals surface area contributed by atoms with Crippen LogP contribution >= 0.6 is 0 Å². The summed E-state index contributed by atoms with van der Waals surface area (Å²) in [5.74, 6) is -0.874. The van der Waals surface area contributed by atoms with Crippen LogP contribution in [0.1, 0.15) is 19.4 Å². The Morgan fingerprint density at radius 2 is 2.11 bits per heavy atom. The van der Waals surface area contributed by atoms with Crippen LogP contribution in [-0.2, 0) is 14.3 Å². The number of amides is 1. The number of ether oxygens (including phenoxy) is 2. The first-order valence-corrected chi connectivity index (χ1v) is 5.85. The lowest BCUT2D eigenvalue weighted by Crippen LogP contribution is -2.31. The number of anilines is 1. The van der Waals surface area contributed by atoms with E-state index in [1.807, 2.05) is 24.3 Å². The van der Waals surface area contributed by atoms with Crippen LogP contribution in [0.25, 0.3) is 6.08 Å². The van der Waals surface area contributed by atoms with Gasteiger partial charge in [-0.25, -0.2) is 0 Å². The molecule has 0 radical (unpaired) electrons. The van der Waals surface area contributed by atoms with Crippen LogP contribution in [0.2, 0.25) is 0 Å². The monoisotopic (exact) mass is 247 g/mol. The summed E-state index contributed by atoms with van der Waals surface area (Å²) in [7, 11) is 0. The third-order valence-corrected chi connectivity index (χ3v) is 2.71. The van der Waals surface area contributed by atoms with Gasteiger partial charge in [0.15, 0.2) is 11.9 Å². The van der Waals surface area contributed by atoms with Crippen molar-refractivity contribution in [2.24, 2.45) is 0 Å². The molecule has 1 fully saturated rings. The molecule has 1 aliphatic heterocycles. The molecule has 1 saturated heterocycles. The first-order chi connectivity index (χ1) is 8.50. The average Bonchev–Trinajstić information content (AvgIpc) is 2.71. The normalized spacial score (nSPS) is 21.6. The number of hydrogen-bond acceptors (Lipinski definition) is 3. The molecule has 1 N–H and O–H groups in total. The fraction of sp³-hybridized carbons (Fsp3) is 0.357. The highest BCUT2D eigenvalue weighted by Gasteiger charge is 2.36. The maximum absolute atomic E-state index is 11.9. The largest absolute Gasteiger partial charge is 0.347 e. The molecule has 1 aromatic rings. The molecule has 0 bridgehead atoms. The summed E-state index contributed by atoms with van der Waals surface area (Å²) in [4.78, 5) is 11.9. The smallest absolute Gasteiger partial charge is 0.256 e. The van der Waals surface area contributed by atoms with Gasteiger partial charge in [0.2, 0.25) is 0 Å². The zero-order valence-corrected chi connectivity index (χ0v) is 10.6. The van der Waals surface area contributed by atoms with E-state index in [9.17, 15) is 4.79 Å². The van der Waals surface area contributed by atoms with Crippen molar-refractivity contribution in [3.05, 3.63) is 36.4 Å². The Hall–Kier alpha value is -1.65. The second-order valence-corrected chi connectivity index (χ2v) is 4.63. The summed E-state index contributed by atoms with van der Waals surface area (Å²) in [6, 6.07) is 7.43. The van der Waals surface area contributed by atoms with E-state index in [1.165, 1.54) is 0 Å². The molecule has 18 heavy (non-hydrogen) atoms. The van der Waals surface area contributed by atoms with E-state index in [0.717, 1.165) is 11.3 Å². The molecule has 0 spiro atoms. The van der Waals surface area contributed by atoms with Gasteiger partial charge in [-0.2, -0.15) is 0 Å². The number of nitrogens with one attached hydrogen (secondary N) is 1. The highest BCUT2D eigenvalue weighted by atomic mass is 16.7. The van der Waals surface area contributed by atoms with Gasteiger partial charge in [-0.1, -0.05) is 24.8 Å². The second kappa shape index (κ2) is 4.92. The Kier molecular flexibility index (Phi) is 3.50. The number of carbonyl (C=O) groups is 1. The molecule has 0 unspecified atom stereocenters. The van der Waals surface area contributed by atoms with Crippen molar-refractivity contribution in [1.82, 2.24) is 0 Å². The lowest BCUT2D eigenvalue weighted by atomic mass is 10.2. The van der Waals surface area contributed by atoms with E-state index in [-0.39, 0.29) is 12.5 Å². The predicted molar refractivity (Wildman–Crippen MR) is 70.1 cm³/mol. The Balaban J connectivity index is 1.97. The number of benzene rings is 1. The van der Waals surface area contributed by atoms with E-state index in [0.29, 0.717) is 0 Å². The van der Waals surface area contributed by atoms with E-state index < -0.39 is 11.9 Å². The van der Waals surface area contributed by atoms with E-state index in [2.05, 4.69) is 11.9 Å². The fourth-order valence-corrected chi connectivity index (χ4v) is 1.74. The minimum Gasteiger partial charge on any atom is -0.347 e. The van der Waals surface area contributed by atoms with Crippen molar-refractivity contribution in [3.8, 4) is 0 Å². The molecule has 96 valence electrons. The summed E-state index contributed by atoms with van der Waals surface area (Å²) >= 11 is 0. The Morgan fingerprint density at radius 1 is 1.44 bits per heavy atom. The van der Waals surface area contributed by atoms with Crippen molar-refractivity contribution in [2.75, 3.05) is 11.9 Å². The first kappa shape index (κ1) is 12.8. The summed E-state index contributed by atoms with van der Waals surface area (Å²) in [6.07, 6.45) is 1.20. The van der Waals surface area contributed by atoms with Crippen molar-refractivity contribution < 1.29 is 14.3 Å². The summed E-state index contributed by atoms with van der Waals surface area (Å²) in [6.45, 7) is 7.54. The molecule has 0 aromatic heterocycles. The zero-order valence-electron chi connectivity index (χ0n) is 10.6. The third kappa shape index (κ3) is 2.97. The van der Waals surface area contributed by atoms with Gasteiger partial charge in [0, 0.05) is 5.69 Å². The molecule has 0 saturated carbocycles. The molecule has 4 heteroatoms. The molecule has 0 aliphatic carbocycles. The Morgan fingerprint density at radius 3 is 2.61 bits per heavy atom. The van der Waals surface area contributed by atoms with Gasteiger partial charge in [0.25, 0.3) is 5.91 Å². The topological polar surface area (TPSA) is 47.6 Å². The van der Waals surface area contributed by atoms with Gasteiger partial charge in [-0.05, 0) is 31.5 Å². The lowest BCUT2D eigenvalue weighted by molar-refractivity contribution is -0.150. The fourth-order valence-electron chi connectivity index (χ4n) is 1.74.